The Labute approximate surface area is 144 Å². The lowest BCUT2D eigenvalue weighted by Gasteiger charge is -2.11. The second kappa shape index (κ2) is 6.08. The fourth-order valence-corrected chi connectivity index (χ4v) is 4.28. The van der Waals surface area contributed by atoms with Gasteiger partial charge < -0.3 is 5.73 Å². The van der Waals surface area contributed by atoms with Crippen molar-refractivity contribution in [2.75, 3.05) is 10.5 Å². The molecule has 0 atom stereocenters. The first-order chi connectivity index (χ1) is 9.29. The molecule has 2 aromatic carbocycles. The standard InChI is InChI=1S/C12H9BrClIN2O2S/c13-9-6-8(2-3-11(9)16)20(18,19)17-12-4-1-7(14)5-10(12)15/h1-6,17H,16H2. The monoisotopic (exact) mass is 486 g/mol. The van der Waals surface area contributed by atoms with Gasteiger partial charge in [-0.1, -0.05) is 11.6 Å². The number of nitrogens with two attached hydrogens (primary N) is 1. The van der Waals surface area contributed by atoms with Gasteiger partial charge in [0.1, 0.15) is 0 Å². The van der Waals surface area contributed by atoms with Crippen LogP contribution in [0, 0.1) is 3.57 Å². The minimum Gasteiger partial charge on any atom is -0.398 e. The summed E-state index contributed by atoms with van der Waals surface area (Å²) in [5.41, 5.74) is 6.60. The zero-order valence-electron chi connectivity index (χ0n) is 9.90. The van der Waals surface area contributed by atoms with Gasteiger partial charge in [0.15, 0.2) is 0 Å². The van der Waals surface area contributed by atoms with Gasteiger partial charge in [0, 0.05) is 18.8 Å². The normalized spacial score (nSPS) is 11.3. The summed E-state index contributed by atoms with van der Waals surface area (Å²) in [6, 6.07) is 9.37. The van der Waals surface area contributed by atoms with Crippen LogP contribution in [-0.2, 0) is 10.0 Å². The highest BCUT2D eigenvalue weighted by Crippen LogP contribution is 2.27. The van der Waals surface area contributed by atoms with Gasteiger partial charge in [-0.05, 0) is 74.9 Å². The van der Waals surface area contributed by atoms with Crippen LogP contribution in [0.3, 0.4) is 0 Å². The van der Waals surface area contributed by atoms with E-state index in [4.69, 9.17) is 17.3 Å². The second-order valence-electron chi connectivity index (χ2n) is 3.91. The third-order valence-electron chi connectivity index (χ3n) is 2.46. The second-order valence-corrected chi connectivity index (χ2v) is 8.05. The maximum atomic E-state index is 12.3. The fraction of sp³-hybridized carbons (Fsp3) is 0. The number of nitrogen functional groups attached to an aromatic ring is 1. The van der Waals surface area contributed by atoms with E-state index in [1.165, 1.54) is 18.2 Å². The molecule has 0 spiro atoms. The molecule has 0 heterocycles. The predicted octanol–water partition coefficient (Wildman–Crippen LogP) is 4.09. The summed E-state index contributed by atoms with van der Waals surface area (Å²) in [6.07, 6.45) is 0. The number of anilines is 2. The van der Waals surface area contributed by atoms with Crippen LogP contribution in [-0.4, -0.2) is 8.42 Å². The van der Waals surface area contributed by atoms with Gasteiger partial charge in [0.25, 0.3) is 10.0 Å². The van der Waals surface area contributed by atoms with E-state index < -0.39 is 10.0 Å². The van der Waals surface area contributed by atoms with Gasteiger partial charge in [-0.15, -0.1) is 0 Å². The zero-order chi connectivity index (χ0) is 14.9. The van der Waals surface area contributed by atoms with E-state index in [0.29, 0.717) is 24.4 Å². The van der Waals surface area contributed by atoms with Gasteiger partial charge in [-0.2, -0.15) is 0 Å². The van der Waals surface area contributed by atoms with E-state index in [1.54, 1.807) is 18.2 Å². The maximum absolute atomic E-state index is 12.3. The van der Waals surface area contributed by atoms with Gasteiger partial charge in [0.05, 0.1) is 10.6 Å². The Morgan fingerprint density at radius 1 is 1.20 bits per heavy atom. The fourth-order valence-electron chi connectivity index (χ4n) is 1.45. The van der Waals surface area contributed by atoms with E-state index in [2.05, 4.69) is 20.7 Å². The average molecular weight is 488 g/mol. The predicted molar refractivity (Wildman–Crippen MR) is 93.5 cm³/mol. The molecule has 0 aliphatic heterocycles. The molecule has 0 bridgehead atoms. The van der Waals surface area contributed by atoms with E-state index in [1.807, 2.05) is 22.6 Å². The number of benzene rings is 2. The molecule has 0 unspecified atom stereocenters. The molecular weight excluding hydrogens is 478 g/mol. The quantitative estimate of drug-likeness (QED) is 0.506. The van der Waals surface area contributed by atoms with Crippen molar-refractivity contribution < 1.29 is 8.42 Å². The van der Waals surface area contributed by atoms with Crippen molar-refractivity contribution in [3.63, 3.8) is 0 Å². The van der Waals surface area contributed by atoms with Gasteiger partial charge >= 0.3 is 0 Å². The molecule has 0 fully saturated rings. The lowest BCUT2D eigenvalue weighted by atomic mass is 10.3. The molecule has 0 aliphatic carbocycles. The third kappa shape index (κ3) is 3.57. The molecule has 0 radical (unpaired) electrons. The summed E-state index contributed by atoms with van der Waals surface area (Å²) in [7, 11) is -3.67. The minimum atomic E-state index is -3.67. The number of hydrogen-bond donors (Lipinski definition) is 2. The molecule has 3 N–H and O–H groups in total. The lowest BCUT2D eigenvalue weighted by molar-refractivity contribution is 0.601. The number of rotatable bonds is 3. The molecule has 0 saturated heterocycles. The Bertz CT molecular complexity index is 768. The summed E-state index contributed by atoms with van der Waals surface area (Å²) in [5, 5.41) is 0.549. The van der Waals surface area contributed by atoms with Gasteiger partial charge in [-0.3, -0.25) is 4.72 Å². The molecule has 0 aromatic heterocycles. The summed E-state index contributed by atoms with van der Waals surface area (Å²) < 4.78 is 28.4. The summed E-state index contributed by atoms with van der Waals surface area (Å²) >= 11 is 11.1. The highest BCUT2D eigenvalue weighted by atomic mass is 127. The summed E-state index contributed by atoms with van der Waals surface area (Å²) in [6.45, 7) is 0. The first kappa shape index (κ1) is 15.9. The van der Waals surface area contributed by atoms with E-state index >= 15 is 0 Å². The van der Waals surface area contributed by atoms with Crippen molar-refractivity contribution in [2.24, 2.45) is 0 Å². The molecule has 0 aliphatic rings. The lowest BCUT2D eigenvalue weighted by Crippen LogP contribution is -2.14. The van der Waals surface area contributed by atoms with Crippen molar-refractivity contribution in [1.29, 1.82) is 0 Å². The Morgan fingerprint density at radius 2 is 1.90 bits per heavy atom. The Balaban J connectivity index is 2.38. The molecule has 0 amide bonds. The summed E-state index contributed by atoms with van der Waals surface area (Å²) in [4.78, 5) is 0.129. The van der Waals surface area contributed by atoms with Crippen LogP contribution >= 0.6 is 50.1 Å². The molecule has 2 aromatic rings. The molecule has 106 valence electrons. The number of nitrogens with one attached hydrogen (secondary N) is 1. The smallest absolute Gasteiger partial charge is 0.261 e. The Kier molecular flexibility index (Phi) is 4.83. The van der Waals surface area contributed by atoms with Crippen LogP contribution in [0.2, 0.25) is 5.02 Å². The van der Waals surface area contributed by atoms with E-state index in [-0.39, 0.29) is 4.90 Å². The van der Waals surface area contributed by atoms with Crippen molar-refractivity contribution in [2.45, 2.75) is 4.90 Å². The third-order valence-corrected chi connectivity index (χ3v) is 5.64. The molecule has 0 saturated carbocycles. The molecular formula is C12H9BrClIN2O2S. The highest BCUT2D eigenvalue weighted by molar-refractivity contribution is 14.1. The van der Waals surface area contributed by atoms with E-state index in [0.717, 1.165) is 0 Å². The molecule has 8 heteroatoms. The van der Waals surface area contributed by atoms with Crippen LogP contribution in [0.25, 0.3) is 0 Å². The first-order valence-electron chi connectivity index (χ1n) is 5.32. The highest BCUT2D eigenvalue weighted by Gasteiger charge is 2.16. The Morgan fingerprint density at radius 3 is 2.50 bits per heavy atom. The zero-order valence-corrected chi connectivity index (χ0v) is 15.2. The summed E-state index contributed by atoms with van der Waals surface area (Å²) in [5.74, 6) is 0. The number of hydrogen-bond acceptors (Lipinski definition) is 3. The van der Waals surface area contributed by atoms with Crippen LogP contribution in [0.4, 0.5) is 11.4 Å². The van der Waals surface area contributed by atoms with Crippen LogP contribution < -0.4 is 10.5 Å². The van der Waals surface area contributed by atoms with Crippen molar-refractivity contribution in [3.8, 4) is 0 Å². The van der Waals surface area contributed by atoms with Crippen LogP contribution in [0.1, 0.15) is 0 Å². The maximum Gasteiger partial charge on any atom is 0.261 e. The van der Waals surface area contributed by atoms with Crippen LogP contribution in [0.15, 0.2) is 45.8 Å². The van der Waals surface area contributed by atoms with Gasteiger partial charge in [0.2, 0.25) is 0 Å². The van der Waals surface area contributed by atoms with Gasteiger partial charge in [-0.25, -0.2) is 8.42 Å². The van der Waals surface area contributed by atoms with E-state index in [9.17, 15) is 8.42 Å². The first-order valence-corrected chi connectivity index (χ1v) is 9.06. The SMILES string of the molecule is Nc1ccc(S(=O)(=O)Nc2ccc(Cl)cc2I)cc1Br. The number of sulfonamides is 1. The van der Waals surface area contributed by atoms with Crippen molar-refractivity contribution >= 4 is 71.5 Å². The molecule has 2 rings (SSSR count). The number of halogens is 3. The molecule has 4 nitrogen and oxygen atoms in total. The average Bonchev–Trinajstić information content (AvgIpc) is 2.36. The van der Waals surface area contributed by atoms with Crippen LogP contribution in [0.5, 0.6) is 0 Å². The largest absolute Gasteiger partial charge is 0.398 e. The minimum absolute atomic E-state index is 0.129. The van der Waals surface area contributed by atoms with Crippen molar-refractivity contribution in [3.05, 3.63) is 49.5 Å². The van der Waals surface area contributed by atoms with Crippen molar-refractivity contribution in [1.82, 2.24) is 0 Å². The topological polar surface area (TPSA) is 72.2 Å². The Hall–Kier alpha value is -0.510. The molecule has 20 heavy (non-hydrogen) atoms.